The van der Waals surface area contributed by atoms with Gasteiger partial charge in [0.05, 0.1) is 9.50 Å². The summed E-state index contributed by atoms with van der Waals surface area (Å²) in [5.74, 6) is -0.153. The SMILES string of the molecule is O=C(COc1ccccc1Cl)NNC(=O)COc1ccc(Br)cc1Br. The predicted molar refractivity (Wildman–Crippen MR) is 101 cm³/mol. The number of halogens is 3. The van der Waals surface area contributed by atoms with Crippen LogP contribution in [-0.2, 0) is 9.59 Å². The molecule has 0 bridgehead atoms. The molecule has 132 valence electrons. The molecular weight excluding hydrogens is 479 g/mol. The van der Waals surface area contributed by atoms with E-state index >= 15 is 0 Å². The van der Waals surface area contributed by atoms with Crippen molar-refractivity contribution in [1.29, 1.82) is 0 Å². The average Bonchev–Trinajstić information content (AvgIpc) is 2.58. The average molecular weight is 493 g/mol. The summed E-state index contributed by atoms with van der Waals surface area (Å²) in [4.78, 5) is 23.3. The van der Waals surface area contributed by atoms with Crippen LogP contribution < -0.4 is 20.3 Å². The fraction of sp³-hybridized carbons (Fsp3) is 0.125. The largest absolute Gasteiger partial charge is 0.483 e. The Morgan fingerprint density at radius 1 is 0.920 bits per heavy atom. The molecular formula is C16H13Br2ClN2O4. The van der Waals surface area contributed by atoms with Crippen LogP contribution in [0.3, 0.4) is 0 Å². The Labute approximate surface area is 166 Å². The van der Waals surface area contributed by atoms with E-state index < -0.39 is 11.8 Å². The van der Waals surface area contributed by atoms with Crippen LogP contribution in [0.25, 0.3) is 0 Å². The summed E-state index contributed by atoms with van der Waals surface area (Å²) < 4.78 is 12.2. The highest BCUT2D eigenvalue weighted by atomic mass is 79.9. The second kappa shape index (κ2) is 9.65. The second-order valence-electron chi connectivity index (χ2n) is 4.68. The predicted octanol–water partition coefficient (Wildman–Crippen LogP) is 3.47. The Balaban J connectivity index is 1.70. The van der Waals surface area contributed by atoms with E-state index in [2.05, 4.69) is 42.7 Å². The van der Waals surface area contributed by atoms with Crippen molar-refractivity contribution < 1.29 is 19.1 Å². The van der Waals surface area contributed by atoms with Gasteiger partial charge in [-0.1, -0.05) is 39.7 Å². The molecule has 2 rings (SSSR count). The summed E-state index contributed by atoms with van der Waals surface area (Å²) in [6.07, 6.45) is 0. The smallest absolute Gasteiger partial charge is 0.276 e. The fourth-order valence-corrected chi connectivity index (χ4v) is 3.00. The summed E-state index contributed by atoms with van der Waals surface area (Å²) in [5.41, 5.74) is 4.46. The maximum absolute atomic E-state index is 11.7. The summed E-state index contributed by atoms with van der Waals surface area (Å²) in [7, 11) is 0. The number of para-hydroxylation sites is 1. The van der Waals surface area contributed by atoms with Gasteiger partial charge in [0.25, 0.3) is 11.8 Å². The van der Waals surface area contributed by atoms with Crippen molar-refractivity contribution in [3.8, 4) is 11.5 Å². The van der Waals surface area contributed by atoms with Gasteiger partial charge in [-0.15, -0.1) is 0 Å². The molecule has 0 radical (unpaired) electrons. The molecule has 0 atom stereocenters. The lowest BCUT2D eigenvalue weighted by Gasteiger charge is -2.11. The highest BCUT2D eigenvalue weighted by Gasteiger charge is 2.09. The third-order valence-electron chi connectivity index (χ3n) is 2.79. The van der Waals surface area contributed by atoms with Crippen LogP contribution in [0.1, 0.15) is 0 Å². The van der Waals surface area contributed by atoms with E-state index in [-0.39, 0.29) is 13.2 Å². The first kappa shape index (κ1) is 19.6. The van der Waals surface area contributed by atoms with Gasteiger partial charge in [0.1, 0.15) is 11.5 Å². The highest BCUT2D eigenvalue weighted by molar-refractivity contribution is 9.11. The van der Waals surface area contributed by atoms with E-state index in [0.29, 0.717) is 21.0 Å². The van der Waals surface area contributed by atoms with Gasteiger partial charge >= 0.3 is 0 Å². The van der Waals surface area contributed by atoms with E-state index in [1.165, 1.54) is 0 Å². The van der Waals surface area contributed by atoms with Gasteiger partial charge in [-0.3, -0.25) is 20.4 Å². The molecule has 0 fully saturated rings. The number of hydrazine groups is 1. The zero-order chi connectivity index (χ0) is 18.2. The minimum absolute atomic E-state index is 0.258. The molecule has 0 saturated carbocycles. The Bertz CT molecular complexity index is 774. The number of carbonyl (C=O) groups excluding carboxylic acids is 2. The fourth-order valence-electron chi connectivity index (χ4n) is 1.65. The first-order chi connectivity index (χ1) is 12.0. The van der Waals surface area contributed by atoms with Gasteiger partial charge in [-0.25, -0.2) is 0 Å². The van der Waals surface area contributed by atoms with Crippen molar-refractivity contribution in [2.24, 2.45) is 0 Å². The number of amides is 2. The highest BCUT2D eigenvalue weighted by Crippen LogP contribution is 2.28. The molecule has 2 N–H and O–H groups in total. The summed E-state index contributed by atoms with van der Waals surface area (Å²) in [6, 6.07) is 12.0. The van der Waals surface area contributed by atoms with Crippen LogP contribution >= 0.6 is 43.5 Å². The lowest BCUT2D eigenvalue weighted by molar-refractivity contribution is -0.131. The van der Waals surface area contributed by atoms with Crippen molar-refractivity contribution in [3.63, 3.8) is 0 Å². The summed E-state index contributed by atoms with van der Waals surface area (Å²) in [5, 5.41) is 0.396. The molecule has 2 aromatic rings. The van der Waals surface area contributed by atoms with Gasteiger partial charge < -0.3 is 9.47 Å². The summed E-state index contributed by atoms with van der Waals surface area (Å²) >= 11 is 12.6. The molecule has 2 amide bonds. The third-order valence-corrected chi connectivity index (χ3v) is 4.21. The van der Waals surface area contributed by atoms with Crippen molar-refractivity contribution >= 4 is 55.3 Å². The van der Waals surface area contributed by atoms with Crippen LogP contribution in [0.4, 0.5) is 0 Å². The molecule has 25 heavy (non-hydrogen) atoms. The van der Waals surface area contributed by atoms with Gasteiger partial charge in [0.2, 0.25) is 0 Å². The topological polar surface area (TPSA) is 76.7 Å². The first-order valence-corrected chi connectivity index (χ1v) is 8.95. The number of nitrogens with one attached hydrogen (secondary N) is 2. The quantitative estimate of drug-likeness (QED) is 0.606. The lowest BCUT2D eigenvalue weighted by atomic mass is 10.3. The number of hydrogen-bond donors (Lipinski definition) is 2. The van der Waals surface area contributed by atoms with Gasteiger partial charge in [0, 0.05) is 4.47 Å². The molecule has 0 aliphatic rings. The molecule has 0 heterocycles. The number of ether oxygens (including phenoxy) is 2. The number of rotatable bonds is 6. The molecule has 0 saturated heterocycles. The van der Waals surface area contributed by atoms with Crippen LogP contribution in [0, 0.1) is 0 Å². The zero-order valence-electron chi connectivity index (χ0n) is 12.7. The van der Waals surface area contributed by atoms with E-state index in [9.17, 15) is 9.59 Å². The van der Waals surface area contributed by atoms with Crippen molar-refractivity contribution in [3.05, 3.63) is 56.4 Å². The minimum atomic E-state index is -0.530. The standard InChI is InChI=1S/C16H13Br2ClN2O4/c17-10-5-6-13(11(18)7-10)24-8-15(22)20-21-16(23)9-25-14-4-2-1-3-12(14)19/h1-7H,8-9H2,(H,20,22)(H,21,23). The Hall–Kier alpha value is -1.77. The molecule has 0 aliphatic heterocycles. The van der Waals surface area contributed by atoms with Crippen LogP contribution in [0.15, 0.2) is 51.4 Å². The molecule has 0 unspecified atom stereocenters. The Morgan fingerprint density at radius 3 is 2.12 bits per heavy atom. The molecule has 9 heteroatoms. The van der Waals surface area contributed by atoms with Crippen LogP contribution in [-0.4, -0.2) is 25.0 Å². The molecule has 6 nitrogen and oxygen atoms in total. The normalized spacial score (nSPS) is 10.0. The van der Waals surface area contributed by atoms with Crippen molar-refractivity contribution in [2.45, 2.75) is 0 Å². The Kier molecular flexibility index (Phi) is 7.54. The maximum Gasteiger partial charge on any atom is 0.276 e. The maximum atomic E-state index is 11.7. The van der Waals surface area contributed by atoms with Crippen molar-refractivity contribution in [2.75, 3.05) is 13.2 Å². The molecule has 0 aliphatic carbocycles. The van der Waals surface area contributed by atoms with E-state index in [1.807, 2.05) is 0 Å². The Morgan fingerprint density at radius 2 is 1.52 bits per heavy atom. The van der Waals surface area contributed by atoms with E-state index in [0.717, 1.165) is 4.47 Å². The molecule has 0 aromatic heterocycles. The summed E-state index contributed by atoms with van der Waals surface area (Å²) in [6.45, 7) is -0.547. The van der Waals surface area contributed by atoms with Crippen molar-refractivity contribution in [1.82, 2.24) is 10.9 Å². The zero-order valence-corrected chi connectivity index (χ0v) is 16.7. The third kappa shape index (κ3) is 6.56. The minimum Gasteiger partial charge on any atom is -0.483 e. The first-order valence-electron chi connectivity index (χ1n) is 6.98. The van der Waals surface area contributed by atoms with Gasteiger partial charge in [-0.05, 0) is 46.3 Å². The lowest BCUT2D eigenvalue weighted by Crippen LogP contribution is -2.45. The second-order valence-corrected chi connectivity index (χ2v) is 6.86. The van der Waals surface area contributed by atoms with E-state index in [1.54, 1.807) is 42.5 Å². The molecule has 0 spiro atoms. The number of carbonyl (C=O) groups is 2. The molecule has 2 aromatic carbocycles. The number of benzene rings is 2. The number of hydrogen-bond acceptors (Lipinski definition) is 4. The van der Waals surface area contributed by atoms with Crippen LogP contribution in [0.5, 0.6) is 11.5 Å². The van der Waals surface area contributed by atoms with Crippen LogP contribution in [0.2, 0.25) is 5.02 Å². The van der Waals surface area contributed by atoms with Gasteiger partial charge in [-0.2, -0.15) is 0 Å². The monoisotopic (exact) mass is 490 g/mol. The van der Waals surface area contributed by atoms with E-state index in [4.69, 9.17) is 21.1 Å². The van der Waals surface area contributed by atoms with Gasteiger partial charge in [0.15, 0.2) is 13.2 Å².